The van der Waals surface area contributed by atoms with Crippen LogP contribution in [0.25, 0.3) is 22.3 Å². The van der Waals surface area contributed by atoms with Gasteiger partial charge in [-0.2, -0.15) is 4.98 Å². The Morgan fingerprint density at radius 1 is 1.00 bits per heavy atom. The van der Waals surface area contributed by atoms with Crippen LogP contribution >= 0.6 is 11.6 Å². The number of rotatable bonds is 4. The Kier molecular flexibility index (Phi) is 4.02. The number of nitrogens with zero attached hydrogens (tertiary/aromatic N) is 2. The van der Waals surface area contributed by atoms with Crippen LogP contribution in [-0.4, -0.2) is 16.6 Å². The zero-order valence-electron chi connectivity index (χ0n) is 11.7. The molecular formula is C17H15ClN2O. The number of halogens is 1. The molecule has 2 aromatic carbocycles. The van der Waals surface area contributed by atoms with Crippen LogP contribution in [0.4, 0.5) is 0 Å². The molecule has 1 heterocycles. The molecule has 0 unspecified atom stereocenters. The lowest BCUT2D eigenvalue weighted by molar-refractivity contribution is 0.331. The third-order valence-electron chi connectivity index (χ3n) is 3.22. The van der Waals surface area contributed by atoms with E-state index in [4.69, 9.17) is 16.3 Å². The molecule has 0 saturated heterocycles. The normalized spacial score (nSPS) is 10.8. The number of fused-ring (bicyclic) bond motifs is 1. The SMILES string of the molecule is CCOc1nc(-c2ccc(CCl)cc2)nc2ccccc12. The zero-order valence-corrected chi connectivity index (χ0v) is 12.5. The molecule has 0 spiro atoms. The fourth-order valence-corrected chi connectivity index (χ4v) is 2.34. The maximum atomic E-state index is 5.82. The molecule has 3 aromatic rings. The summed E-state index contributed by atoms with van der Waals surface area (Å²) >= 11 is 5.82. The minimum atomic E-state index is 0.503. The monoisotopic (exact) mass is 298 g/mol. The highest BCUT2D eigenvalue weighted by molar-refractivity contribution is 6.17. The van der Waals surface area contributed by atoms with Crippen LogP contribution in [0.1, 0.15) is 12.5 Å². The number of aromatic nitrogens is 2. The summed E-state index contributed by atoms with van der Waals surface area (Å²) < 4.78 is 5.65. The fraction of sp³-hybridized carbons (Fsp3) is 0.176. The van der Waals surface area contributed by atoms with Crippen LogP contribution in [-0.2, 0) is 5.88 Å². The van der Waals surface area contributed by atoms with E-state index in [0.717, 1.165) is 22.0 Å². The average molecular weight is 299 g/mol. The van der Waals surface area contributed by atoms with E-state index in [1.54, 1.807) is 0 Å². The molecule has 106 valence electrons. The summed E-state index contributed by atoms with van der Waals surface area (Å²) in [5.74, 6) is 1.79. The van der Waals surface area contributed by atoms with Crippen molar-refractivity contribution in [2.75, 3.05) is 6.61 Å². The Morgan fingerprint density at radius 3 is 2.48 bits per heavy atom. The maximum Gasteiger partial charge on any atom is 0.225 e. The topological polar surface area (TPSA) is 35.0 Å². The summed E-state index contributed by atoms with van der Waals surface area (Å²) in [5, 5.41) is 0.931. The highest BCUT2D eigenvalue weighted by atomic mass is 35.5. The Hall–Kier alpha value is -2.13. The second-order valence-corrected chi connectivity index (χ2v) is 4.90. The van der Waals surface area contributed by atoms with E-state index in [0.29, 0.717) is 24.2 Å². The summed E-state index contributed by atoms with van der Waals surface area (Å²) in [7, 11) is 0. The molecule has 4 heteroatoms. The van der Waals surface area contributed by atoms with Crippen LogP contribution < -0.4 is 4.74 Å². The molecule has 3 nitrogen and oxygen atoms in total. The van der Waals surface area contributed by atoms with Crippen LogP contribution in [0.3, 0.4) is 0 Å². The third kappa shape index (κ3) is 2.83. The van der Waals surface area contributed by atoms with E-state index in [1.165, 1.54) is 0 Å². The average Bonchev–Trinajstić information content (AvgIpc) is 2.55. The van der Waals surface area contributed by atoms with Crippen molar-refractivity contribution >= 4 is 22.5 Å². The molecule has 0 atom stereocenters. The van der Waals surface area contributed by atoms with Crippen LogP contribution in [0.5, 0.6) is 5.88 Å². The zero-order chi connectivity index (χ0) is 14.7. The molecule has 0 saturated carbocycles. The van der Waals surface area contributed by atoms with Gasteiger partial charge in [-0.15, -0.1) is 11.6 Å². The van der Waals surface area contributed by atoms with E-state index < -0.39 is 0 Å². The van der Waals surface area contributed by atoms with E-state index in [2.05, 4.69) is 9.97 Å². The number of alkyl halides is 1. The van der Waals surface area contributed by atoms with Gasteiger partial charge in [0.05, 0.1) is 17.5 Å². The molecule has 0 fully saturated rings. The quantitative estimate of drug-likeness (QED) is 0.668. The molecule has 0 N–H and O–H groups in total. The van der Waals surface area contributed by atoms with Gasteiger partial charge >= 0.3 is 0 Å². The van der Waals surface area contributed by atoms with Crippen LogP contribution in [0, 0.1) is 0 Å². The number of hydrogen-bond acceptors (Lipinski definition) is 3. The number of hydrogen-bond donors (Lipinski definition) is 0. The van der Waals surface area contributed by atoms with Crippen molar-refractivity contribution in [3.63, 3.8) is 0 Å². The predicted octanol–water partition coefficient (Wildman–Crippen LogP) is 4.43. The first-order chi connectivity index (χ1) is 10.3. The van der Waals surface area contributed by atoms with Crippen molar-refractivity contribution in [3.8, 4) is 17.3 Å². The van der Waals surface area contributed by atoms with E-state index in [-0.39, 0.29) is 0 Å². The van der Waals surface area contributed by atoms with Gasteiger partial charge in [0.2, 0.25) is 5.88 Å². The molecule has 0 bridgehead atoms. The maximum absolute atomic E-state index is 5.82. The minimum Gasteiger partial charge on any atom is -0.477 e. The first-order valence-electron chi connectivity index (χ1n) is 6.86. The lowest BCUT2D eigenvalue weighted by Crippen LogP contribution is -1.99. The van der Waals surface area contributed by atoms with Crippen molar-refractivity contribution in [2.24, 2.45) is 0 Å². The van der Waals surface area contributed by atoms with Gasteiger partial charge in [-0.1, -0.05) is 36.4 Å². The molecular weight excluding hydrogens is 284 g/mol. The summed E-state index contributed by atoms with van der Waals surface area (Å²) in [6, 6.07) is 15.8. The van der Waals surface area contributed by atoms with Crippen molar-refractivity contribution in [2.45, 2.75) is 12.8 Å². The van der Waals surface area contributed by atoms with Crippen molar-refractivity contribution in [1.29, 1.82) is 0 Å². The van der Waals surface area contributed by atoms with E-state index >= 15 is 0 Å². The van der Waals surface area contributed by atoms with Crippen LogP contribution in [0.2, 0.25) is 0 Å². The summed E-state index contributed by atoms with van der Waals surface area (Å²) in [6.07, 6.45) is 0. The lowest BCUT2D eigenvalue weighted by Gasteiger charge is -2.09. The smallest absolute Gasteiger partial charge is 0.225 e. The van der Waals surface area contributed by atoms with Crippen molar-refractivity contribution in [1.82, 2.24) is 9.97 Å². The van der Waals surface area contributed by atoms with Gasteiger partial charge in [0.25, 0.3) is 0 Å². The van der Waals surface area contributed by atoms with Crippen molar-refractivity contribution in [3.05, 3.63) is 54.1 Å². The highest BCUT2D eigenvalue weighted by Crippen LogP contribution is 2.26. The Balaban J connectivity index is 2.13. The van der Waals surface area contributed by atoms with Gasteiger partial charge in [-0.3, -0.25) is 0 Å². The molecule has 0 aliphatic heterocycles. The van der Waals surface area contributed by atoms with Gasteiger partial charge in [0, 0.05) is 11.4 Å². The molecule has 0 amide bonds. The first-order valence-corrected chi connectivity index (χ1v) is 7.40. The second kappa shape index (κ2) is 6.10. The van der Waals surface area contributed by atoms with Gasteiger partial charge in [0.15, 0.2) is 5.82 Å². The fourth-order valence-electron chi connectivity index (χ4n) is 2.17. The predicted molar refractivity (Wildman–Crippen MR) is 85.7 cm³/mol. The Labute approximate surface area is 128 Å². The lowest BCUT2D eigenvalue weighted by atomic mass is 10.1. The first kappa shape index (κ1) is 13.8. The van der Waals surface area contributed by atoms with Gasteiger partial charge in [-0.05, 0) is 24.6 Å². The molecule has 1 aromatic heterocycles. The van der Waals surface area contributed by atoms with E-state index in [9.17, 15) is 0 Å². The van der Waals surface area contributed by atoms with E-state index in [1.807, 2.05) is 55.5 Å². The highest BCUT2D eigenvalue weighted by Gasteiger charge is 2.09. The van der Waals surface area contributed by atoms with Crippen molar-refractivity contribution < 1.29 is 4.74 Å². The summed E-state index contributed by atoms with van der Waals surface area (Å²) in [6.45, 7) is 2.53. The minimum absolute atomic E-state index is 0.503. The number of benzene rings is 2. The molecule has 21 heavy (non-hydrogen) atoms. The number of para-hydroxylation sites is 1. The molecule has 0 aliphatic carbocycles. The Bertz CT molecular complexity index is 756. The Morgan fingerprint density at radius 2 is 1.76 bits per heavy atom. The molecule has 0 radical (unpaired) electrons. The standard InChI is InChI=1S/C17H15ClN2O/c1-2-21-17-14-5-3-4-6-15(14)19-16(20-17)13-9-7-12(11-18)8-10-13/h3-10H,2,11H2,1H3. The molecule has 3 rings (SSSR count). The van der Waals surface area contributed by atoms with Gasteiger partial charge in [0.1, 0.15) is 0 Å². The summed E-state index contributed by atoms with van der Waals surface area (Å²) in [4.78, 5) is 9.17. The number of ether oxygens (including phenoxy) is 1. The largest absolute Gasteiger partial charge is 0.477 e. The molecule has 0 aliphatic rings. The second-order valence-electron chi connectivity index (χ2n) is 4.63. The van der Waals surface area contributed by atoms with Gasteiger partial charge < -0.3 is 4.74 Å². The third-order valence-corrected chi connectivity index (χ3v) is 3.52. The van der Waals surface area contributed by atoms with Crippen LogP contribution in [0.15, 0.2) is 48.5 Å². The summed E-state index contributed by atoms with van der Waals surface area (Å²) in [5.41, 5.74) is 2.91. The van der Waals surface area contributed by atoms with Gasteiger partial charge in [-0.25, -0.2) is 4.98 Å².